The first-order valence-corrected chi connectivity index (χ1v) is 8.59. The predicted molar refractivity (Wildman–Crippen MR) is 105 cm³/mol. The lowest BCUT2D eigenvalue weighted by molar-refractivity contribution is 0.102. The summed E-state index contributed by atoms with van der Waals surface area (Å²) in [5.41, 5.74) is 3.68. The Morgan fingerprint density at radius 1 is 0.962 bits per heavy atom. The number of nitrogens with one attached hydrogen (secondary N) is 1. The van der Waals surface area contributed by atoms with Gasteiger partial charge in [-0.2, -0.15) is 0 Å². The summed E-state index contributed by atoms with van der Waals surface area (Å²) in [6.07, 6.45) is 0.790. The van der Waals surface area contributed by atoms with E-state index in [-0.39, 0.29) is 5.91 Å². The third-order valence-corrected chi connectivity index (χ3v) is 4.67. The van der Waals surface area contributed by atoms with Crippen molar-refractivity contribution < 1.29 is 9.59 Å². The largest absolute Gasteiger partial charge is 0.341 e. The molecule has 0 aliphatic carbocycles. The van der Waals surface area contributed by atoms with E-state index in [1.165, 1.54) is 0 Å². The Morgan fingerprint density at radius 3 is 2.42 bits per heavy atom. The fourth-order valence-electron chi connectivity index (χ4n) is 3.44. The van der Waals surface area contributed by atoms with Crippen LogP contribution in [0.15, 0.2) is 66.7 Å². The molecule has 4 aromatic rings. The molecule has 0 saturated carbocycles. The van der Waals surface area contributed by atoms with Crippen LogP contribution < -0.4 is 5.32 Å². The highest BCUT2D eigenvalue weighted by Gasteiger charge is 2.15. The Balaban J connectivity index is 1.88. The van der Waals surface area contributed by atoms with Crippen LogP contribution in [0.4, 0.5) is 5.69 Å². The molecule has 4 nitrogen and oxygen atoms in total. The molecule has 0 spiro atoms. The fraction of sp³-hybridized carbons (Fsp3) is 0.0909. The first-order chi connectivity index (χ1) is 12.7. The molecule has 0 unspecified atom stereocenters. The van der Waals surface area contributed by atoms with Crippen LogP contribution in [0.3, 0.4) is 0 Å². The van der Waals surface area contributed by atoms with Crippen LogP contribution in [0.2, 0.25) is 0 Å². The molecule has 4 rings (SSSR count). The maximum atomic E-state index is 12.5. The van der Waals surface area contributed by atoms with Crippen LogP contribution in [0.1, 0.15) is 27.6 Å². The van der Waals surface area contributed by atoms with Gasteiger partial charge in [0.2, 0.25) is 0 Å². The number of nitrogens with zero attached hydrogens (tertiary/aromatic N) is 1. The number of rotatable bonds is 4. The maximum Gasteiger partial charge on any atom is 0.255 e. The van der Waals surface area contributed by atoms with Gasteiger partial charge in [0.05, 0.1) is 11.2 Å². The molecule has 1 N–H and O–H groups in total. The van der Waals surface area contributed by atoms with Crippen LogP contribution in [0.5, 0.6) is 0 Å². The van der Waals surface area contributed by atoms with E-state index < -0.39 is 0 Å². The third kappa shape index (κ3) is 2.56. The molecule has 0 saturated heterocycles. The van der Waals surface area contributed by atoms with E-state index >= 15 is 0 Å². The number of anilines is 1. The van der Waals surface area contributed by atoms with Gasteiger partial charge in [-0.1, -0.05) is 36.4 Å². The number of hydrogen-bond donors (Lipinski definition) is 1. The number of para-hydroxylation sites is 1. The van der Waals surface area contributed by atoms with Gasteiger partial charge in [0.15, 0.2) is 6.29 Å². The number of aromatic nitrogens is 1. The summed E-state index contributed by atoms with van der Waals surface area (Å²) in [6, 6.07) is 20.9. The topological polar surface area (TPSA) is 51.1 Å². The summed E-state index contributed by atoms with van der Waals surface area (Å²) < 4.78 is 2.19. The van der Waals surface area contributed by atoms with Gasteiger partial charge < -0.3 is 9.88 Å². The van der Waals surface area contributed by atoms with Gasteiger partial charge in [-0.05, 0) is 37.3 Å². The highest BCUT2D eigenvalue weighted by atomic mass is 16.1. The van der Waals surface area contributed by atoms with Crippen molar-refractivity contribution >= 4 is 39.7 Å². The number of amides is 1. The molecule has 0 bridgehead atoms. The number of aryl methyl sites for hydroxylation is 1. The molecule has 1 heterocycles. The van der Waals surface area contributed by atoms with E-state index in [4.69, 9.17) is 0 Å². The van der Waals surface area contributed by atoms with Gasteiger partial charge >= 0.3 is 0 Å². The number of benzene rings is 3. The molecule has 1 amide bonds. The number of hydrogen-bond acceptors (Lipinski definition) is 2. The van der Waals surface area contributed by atoms with E-state index in [2.05, 4.69) is 28.9 Å². The lowest BCUT2D eigenvalue weighted by Crippen LogP contribution is -2.13. The minimum absolute atomic E-state index is 0.229. The quantitative estimate of drug-likeness (QED) is 0.537. The van der Waals surface area contributed by atoms with E-state index in [9.17, 15) is 9.59 Å². The van der Waals surface area contributed by atoms with E-state index in [1.807, 2.05) is 42.5 Å². The highest BCUT2D eigenvalue weighted by molar-refractivity contribution is 6.13. The number of carbonyl (C=O) groups is 2. The Bertz CT molecular complexity index is 1130. The second-order valence-electron chi connectivity index (χ2n) is 6.16. The number of fused-ring (bicyclic) bond motifs is 3. The Kier molecular flexibility index (Phi) is 4.01. The highest BCUT2D eigenvalue weighted by Crippen LogP contribution is 2.32. The molecule has 128 valence electrons. The third-order valence-electron chi connectivity index (χ3n) is 4.67. The standard InChI is InChI=1S/C22H18N2O2/c1-2-24-20-11-7-6-10-17(20)18-12-16(14-25)19(13-21(18)24)23-22(26)15-8-4-3-5-9-15/h3-14H,2H2,1H3,(H,23,26). The summed E-state index contributed by atoms with van der Waals surface area (Å²) in [7, 11) is 0. The van der Waals surface area contributed by atoms with Gasteiger partial charge in [0.25, 0.3) is 5.91 Å². The van der Waals surface area contributed by atoms with Gasteiger partial charge in [-0.3, -0.25) is 9.59 Å². The van der Waals surface area contributed by atoms with E-state index in [0.717, 1.165) is 34.6 Å². The van der Waals surface area contributed by atoms with Crippen LogP contribution in [0.25, 0.3) is 21.8 Å². The summed E-state index contributed by atoms with van der Waals surface area (Å²) >= 11 is 0. The average Bonchev–Trinajstić information content (AvgIpc) is 3.00. The molecule has 1 aromatic heterocycles. The molecule has 0 radical (unpaired) electrons. The first-order valence-electron chi connectivity index (χ1n) is 8.59. The summed E-state index contributed by atoms with van der Waals surface area (Å²) in [6.45, 7) is 2.89. The van der Waals surface area contributed by atoms with E-state index in [0.29, 0.717) is 16.8 Å². The molecule has 26 heavy (non-hydrogen) atoms. The van der Waals surface area contributed by atoms with Crippen LogP contribution in [0, 0.1) is 0 Å². The van der Waals surface area contributed by atoms with Crippen molar-refractivity contribution in [2.75, 3.05) is 5.32 Å². The molecule has 0 aliphatic rings. The van der Waals surface area contributed by atoms with Crippen molar-refractivity contribution in [3.63, 3.8) is 0 Å². The predicted octanol–water partition coefficient (Wildman–Crippen LogP) is 4.88. The van der Waals surface area contributed by atoms with Gasteiger partial charge in [0, 0.05) is 34.0 Å². The number of carbonyl (C=O) groups excluding carboxylic acids is 2. The van der Waals surface area contributed by atoms with Crippen molar-refractivity contribution in [1.29, 1.82) is 0 Å². The normalized spacial score (nSPS) is 11.0. The summed E-state index contributed by atoms with van der Waals surface area (Å²) in [5, 5.41) is 5.00. The Hall–Kier alpha value is -3.40. The zero-order chi connectivity index (χ0) is 18.1. The van der Waals surface area contributed by atoms with E-state index in [1.54, 1.807) is 12.1 Å². The average molecular weight is 342 g/mol. The van der Waals surface area contributed by atoms with Crippen LogP contribution in [-0.2, 0) is 6.54 Å². The molecule has 0 aliphatic heterocycles. The van der Waals surface area contributed by atoms with Gasteiger partial charge in [0.1, 0.15) is 0 Å². The summed E-state index contributed by atoms with van der Waals surface area (Å²) in [4.78, 5) is 24.2. The van der Waals surface area contributed by atoms with Crippen molar-refractivity contribution in [3.8, 4) is 0 Å². The van der Waals surface area contributed by atoms with Gasteiger partial charge in [-0.25, -0.2) is 0 Å². The molecular weight excluding hydrogens is 324 g/mol. The molecule has 0 fully saturated rings. The van der Waals surface area contributed by atoms with Crippen molar-refractivity contribution in [2.45, 2.75) is 13.5 Å². The monoisotopic (exact) mass is 342 g/mol. The first kappa shape index (κ1) is 16.1. The smallest absolute Gasteiger partial charge is 0.255 e. The van der Waals surface area contributed by atoms with Crippen LogP contribution in [-0.4, -0.2) is 16.8 Å². The second-order valence-corrected chi connectivity index (χ2v) is 6.16. The lowest BCUT2D eigenvalue weighted by atomic mass is 10.1. The fourth-order valence-corrected chi connectivity index (χ4v) is 3.44. The van der Waals surface area contributed by atoms with Crippen molar-refractivity contribution in [2.24, 2.45) is 0 Å². The maximum absolute atomic E-state index is 12.5. The Morgan fingerprint density at radius 2 is 1.69 bits per heavy atom. The van der Waals surface area contributed by atoms with Crippen molar-refractivity contribution in [3.05, 3.63) is 77.9 Å². The zero-order valence-electron chi connectivity index (χ0n) is 14.4. The second kappa shape index (κ2) is 6.48. The number of aldehydes is 1. The minimum Gasteiger partial charge on any atom is -0.341 e. The molecule has 4 heteroatoms. The van der Waals surface area contributed by atoms with Crippen LogP contribution >= 0.6 is 0 Å². The van der Waals surface area contributed by atoms with Crippen molar-refractivity contribution in [1.82, 2.24) is 4.57 Å². The van der Waals surface area contributed by atoms with Gasteiger partial charge in [-0.15, -0.1) is 0 Å². The molecular formula is C22H18N2O2. The molecule has 0 atom stereocenters. The minimum atomic E-state index is -0.229. The Labute approximate surface area is 151 Å². The molecule has 3 aromatic carbocycles. The lowest BCUT2D eigenvalue weighted by Gasteiger charge is -2.10. The summed E-state index contributed by atoms with van der Waals surface area (Å²) in [5.74, 6) is -0.229. The SMILES string of the molecule is CCn1c2ccccc2c2cc(C=O)c(NC(=O)c3ccccc3)cc21. The zero-order valence-corrected chi connectivity index (χ0v) is 14.4.